The molecule has 15 heavy (non-hydrogen) atoms. The van der Waals surface area contributed by atoms with Gasteiger partial charge >= 0.3 is 0 Å². The van der Waals surface area contributed by atoms with Crippen LogP contribution in [0.25, 0.3) is 0 Å². The summed E-state index contributed by atoms with van der Waals surface area (Å²) in [5.74, 6) is -0.0848. The first-order chi connectivity index (χ1) is 7.04. The summed E-state index contributed by atoms with van der Waals surface area (Å²) in [6.07, 6.45) is -3.10. The van der Waals surface area contributed by atoms with E-state index in [1.165, 1.54) is 0 Å². The molecule has 0 saturated heterocycles. The van der Waals surface area contributed by atoms with Crippen LogP contribution in [0.5, 0.6) is 0 Å². The highest BCUT2D eigenvalue weighted by Crippen LogP contribution is 2.21. The van der Waals surface area contributed by atoms with Crippen molar-refractivity contribution in [3.05, 3.63) is 35.9 Å². The molecule has 3 heteroatoms. The summed E-state index contributed by atoms with van der Waals surface area (Å²) < 4.78 is 0. The Balaban J connectivity index is 2.73. The van der Waals surface area contributed by atoms with E-state index < -0.39 is 18.3 Å². The van der Waals surface area contributed by atoms with E-state index in [2.05, 4.69) is 0 Å². The van der Waals surface area contributed by atoms with Crippen molar-refractivity contribution in [3.63, 3.8) is 0 Å². The Labute approximate surface area is 90.0 Å². The average Bonchev–Trinajstić information content (AvgIpc) is 2.27. The molecule has 0 amide bonds. The van der Waals surface area contributed by atoms with Gasteiger partial charge in [0.15, 0.2) is 0 Å². The summed E-state index contributed by atoms with van der Waals surface area (Å²) in [5.41, 5.74) is 0.615. The van der Waals surface area contributed by atoms with Gasteiger partial charge in [-0.25, -0.2) is 0 Å². The Hall–Kier alpha value is -0.900. The summed E-state index contributed by atoms with van der Waals surface area (Å²) in [6, 6.07) is 8.85. The van der Waals surface area contributed by atoms with E-state index in [1.807, 2.05) is 6.07 Å². The second kappa shape index (κ2) is 5.26. The second-order valence-electron chi connectivity index (χ2n) is 4.08. The quantitative estimate of drug-likeness (QED) is 0.697. The first-order valence-electron chi connectivity index (χ1n) is 5.13. The molecule has 3 N–H and O–H groups in total. The Morgan fingerprint density at radius 1 is 0.867 bits per heavy atom. The molecule has 0 bridgehead atoms. The maximum absolute atomic E-state index is 9.80. The van der Waals surface area contributed by atoms with Gasteiger partial charge in [-0.05, 0) is 11.5 Å². The lowest BCUT2D eigenvalue weighted by Gasteiger charge is -2.25. The molecule has 0 saturated carbocycles. The monoisotopic (exact) mass is 210 g/mol. The predicted molar refractivity (Wildman–Crippen MR) is 58.3 cm³/mol. The molecule has 3 atom stereocenters. The summed E-state index contributed by atoms with van der Waals surface area (Å²) >= 11 is 0. The van der Waals surface area contributed by atoms with Crippen molar-refractivity contribution in [2.45, 2.75) is 32.2 Å². The van der Waals surface area contributed by atoms with Crippen LogP contribution in [0.2, 0.25) is 0 Å². The fourth-order valence-corrected chi connectivity index (χ4v) is 1.43. The Morgan fingerprint density at radius 3 is 1.87 bits per heavy atom. The van der Waals surface area contributed by atoms with Gasteiger partial charge in [-0.2, -0.15) is 0 Å². The number of hydrogen-bond donors (Lipinski definition) is 3. The van der Waals surface area contributed by atoms with Crippen LogP contribution < -0.4 is 0 Å². The van der Waals surface area contributed by atoms with Crippen LogP contribution in [0, 0.1) is 5.92 Å². The largest absolute Gasteiger partial charge is 0.390 e. The van der Waals surface area contributed by atoms with Crippen molar-refractivity contribution in [1.82, 2.24) is 0 Å². The third-order valence-corrected chi connectivity index (χ3v) is 2.50. The summed E-state index contributed by atoms with van der Waals surface area (Å²) in [6.45, 7) is 3.59. The van der Waals surface area contributed by atoms with Crippen LogP contribution in [0.15, 0.2) is 30.3 Å². The van der Waals surface area contributed by atoms with Gasteiger partial charge in [0.05, 0.1) is 6.10 Å². The first kappa shape index (κ1) is 12.2. The smallest absolute Gasteiger partial charge is 0.110 e. The number of aliphatic hydroxyl groups excluding tert-OH is 3. The highest BCUT2D eigenvalue weighted by molar-refractivity contribution is 5.18. The van der Waals surface area contributed by atoms with Gasteiger partial charge in [-0.3, -0.25) is 0 Å². The third kappa shape index (κ3) is 3.02. The number of benzene rings is 1. The Bertz CT molecular complexity index is 284. The van der Waals surface area contributed by atoms with Crippen molar-refractivity contribution >= 4 is 0 Å². The van der Waals surface area contributed by atoms with Crippen molar-refractivity contribution < 1.29 is 15.3 Å². The van der Waals surface area contributed by atoms with Crippen LogP contribution in [0.3, 0.4) is 0 Å². The second-order valence-corrected chi connectivity index (χ2v) is 4.08. The minimum atomic E-state index is -1.15. The topological polar surface area (TPSA) is 60.7 Å². The zero-order chi connectivity index (χ0) is 11.4. The van der Waals surface area contributed by atoms with Gasteiger partial charge in [0.1, 0.15) is 12.2 Å². The minimum absolute atomic E-state index is 0.0848. The van der Waals surface area contributed by atoms with Gasteiger partial charge in [0.25, 0.3) is 0 Å². The molecule has 84 valence electrons. The van der Waals surface area contributed by atoms with Gasteiger partial charge in [0.2, 0.25) is 0 Å². The number of aliphatic hydroxyl groups is 3. The van der Waals surface area contributed by atoms with Crippen LogP contribution in [-0.4, -0.2) is 27.5 Å². The normalized spacial score (nSPS) is 17.5. The lowest BCUT2D eigenvalue weighted by molar-refractivity contribution is -0.0769. The third-order valence-electron chi connectivity index (χ3n) is 2.50. The molecule has 1 aromatic rings. The molecule has 3 nitrogen and oxygen atoms in total. The minimum Gasteiger partial charge on any atom is -0.390 e. The van der Waals surface area contributed by atoms with Gasteiger partial charge in [0, 0.05) is 0 Å². The van der Waals surface area contributed by atoms with Crippen LogP contribution in [0.1, 0.15) is 25.5 Å². The van der Waals surface area contributed by atoms with E-state index in [9.17, 15) is 15.3 Å². The standard InChI is InChI=1S/C12H18O3/c1-8(2)10(13)12(15)11(14)9-6-4-3-5-7-9/h3-8,10-15H,1-2H3/t10-,11+,12+/m1/s1. The van der Waals surface area contributed by atoms with Gasteiger partial charge < -0.3 is 15.3 Å². The molecule has 0 spiro atoms. The van der Waals surface area contributed by atoms with E-state index in [0.29, 0.717) is 5.56 Å². The van der Waals surface area contributed by atoms with Crippen molar-refractivity contribution in [2.24, 2.45) is 5.92 Å². The Morgan fingerprint density at radius 2 is 1.40 bits per heavy atom. The molecule has 0 fully saturated rings. The van der Waals surface area contributed by atoms with Gasteiger partial charge in [-0.1, -0.05) is 44.2 Å². The maximum Gasteiger partial charge on any atom is 0.110 e. The zero-order valence-corrected chi connectivity index (χ0v) is 9.04. The van der Waals surface area contributed by atoms with E-state index in [4.69, 9.17) is 0 Å². The molecule has 0 heterocycles. The lowest BCUT2D eigenvalue weighted by atomic mass is 9.94. The molecule has 0 unspecified atom stereocenters. The van der Waals surface area contributed by atoms with E-state index in [0.717, 1.165) is 0 Å². The van der Waals surface area contributed by atoms with E-state index >= 15 is 0 Å². The van der Waals surface area contributed by atoms with E-state index in [1.54, 1.807) is 38.1 Å². The summed E-state index contributed by atoms with van der Waals surface area (Å²) in [7, 11) is 0. The average molecular weight is 210 g/mol. The fourth-order valence-electron chi connectivity index (χ4n) is 1.43. The van der Waals surface area contributed by atoms with Crippen molar-refractivity contribution in [2.75, 3.05) is 0 Å². The van der Waals surface area contributed by atoms with Crippen molar-refractivity contribution in [3.8, 4) is 0 Å². The molecule has 1 aromatic carbocycles. The molecular formula is C12H18O3. The molecule has 0 aliphatic carbocycles. The summed E-state index contributed by atoms with van der Waals surface area (Å²) in [5, 5.41) is 29.1. The summed E-state index contributed by atoms with van der Waals surface area (Å²) in [4.78, 5) is 0. The lowest BCUT2D eigenvalue weighted by Crippen LogP contribution is -2.35. The van der Waals surface area contributed by atoms with Crippen LogP contribution >= 0.6 is 0 Å². The molecule has 1 rings (SSSR count). The molecule has 0 aliphatic rings. The fraction of sp³-hybridized carbons (Fsp3) is 0.500. The first-order valence-corrected chi connectivity index (χ1v) is 5.13. The molecule has 0 radical (unpaired) electrons. The zero-order valence-electron chi connectivity index (χ0n) is 9.04. The highest BCUT2D eigenvalue weighted by atomic mass is 16.4. The highest BCUT2D eigenvalue weighted by Gasteiger charge is 2.27. The SMILES string of the molecule is CC(C)[C@@H](O)[C@H](O)[C@@H](O)c1ccccc1. The number of hydrogen-bond acceptors (Lipinski definition) is 3. The molecular weight excluding hydrogens is 192 g/mol. The van der Waals surface area contributed by atoms with Gasteiger partial charge in [-0.15, -0.1) is 0 Å². The molecule has 0 aliphatic heterocycles. The number of rotatable bonds is 4. The molecule has 0 aromatic heterocycles. The van der Waals surface area contributed by atoms with Crippen LogP contribution in [-0.2, 0) is 0 Å². The van der Waals surface area contributed by atoms with Crippen LogP contribution in [0.4, 0.5) is 0 Å². The predicted octanol–water partition coefficient (Wildman–Crippen LogP) is 1.10. The van der Waals surface area contributed by atoms with E-state index in [-0.39, 0.29) is 5.92 Å². The Kier molecular flexibility index (Phi) is 4.27. The van der Waals surface area contributed by atoms with Crippen molar-refractivity contribution in [1.29, 1.82) is 0 Å². The maximum atomic E-state index is 9.80.